The highest BCUT2D eigenvalue weighted by Gasteiger charge is 2.36. The van der Waals surface area contributed by atoms with Crippen LogP contribution in [-0.2, 0) is 9.59 Å². The molecular formula is C18H12N3O7-. The molecule has 2 aromatic carbocycles. The Hall–Kier alpha value is -4.21. The van der Waals surface area contributed by atoms with Crippen LogP contribution in [0.4, 0.5) is 16.2 Å². The molecule has 1 heterocycles. The Bertz CT molecular complexity index is 1030. The van der Waals surface area contributed by atoms with Crippen molar-refractivity contribution in [3.05, 3.63) is 63.7 Å². The number of anilines is 1. The van der Waals surface area contributed by atoms with E-state index in [1.807, 2.05) is 5.32 Å². The molecule has 0 aliphatic carbocycles. The van der Waals surface area contributed by atoms with E-state index < -0.39 is 39.8 Å². The summed E-state index contributed by atoms with van der Waals surface area (Å²) in [4.78, 5) is 48.1. The molecule has 0 radical (unpaired) electrons. The number of methoxy groups -OCH3 is 1. The second kappa shape index (κ2) is 7.19. The van der Waals surface area contributed by atoms with Crippen molar-refractivity contribution in [2.45, 2.75) is 0 Å². The van der Waals surface area contributed by atoms with Crippen LogP contribution in [0.5, 0.6) is 11.5 Å². The maximum atomic E-state index is 12.7. The Kier molecular flexibility index (Phi) is 4.77. The summed E-state index contributed by atoms with van der Waals surface area (Å²) in [5.74, 6) is -3.05. The molecule has 0 saturated carbocycles. The number of hydrogen-bond donors (Lipinski definition) is 1. The number of imide groups is 2. The first kappa shape index (κ1) is 18.6. The predicted molar refractivity (Wildman–Crippen MR) is 94.5 cm³/mol. The van der Waals surface area contributed by atoms with Gasteiger partial charge in [-0.05, 0) is 23.8 Å². The van der Waals surface area contributed by atoms with Crippen molar-refractivity contribution in [1.82, 2.24) is 5.32 Å². The number of nitrogens with one attached hydrogen (secondary N) is 1. The molecule has 0 spiro atoms. The molecule has 1 saturated heterocycles. The number of nitrogens with zero attached hydrogens (tertiary/aromatic N) is 2. The summed E-state index contributed by atoms with van der Waals surface area (Å²) < 4.78 is 4.83. The van der Waals surface area contributed by atoms with Crippen molar-refractivity contribution in [3.63, 3.8) is 0 Å². The number of hydrogen-bond acceptors (Lipinski definition) is 7. The van der Waals surface area contributed by atoms with E-state index in [-0.39, 0.29) is 17.0 Å². The number of benzene rings is 2. The molecule has 4 amide bonds. The van der Waals surface area contributed by atoms with Gasteiger partial charge in [-0.15, -0.1) is 0 Å². The third-order valence-corrected chi connectivity index (χ3v) is 3.91. The highest BCUT2D eigenvalue weighted by Crippen LogP contribution is 2.34. The second-order valence-electron chi connectivity index (χ2n) is 5.62. The quantitative estimate of drug-likeness (QED) is 0.364. The van der Waals surface area contributed by atoms with Gasteiger partial charge in [-0.2, -0.15) is 0 Å². The van der Waals surface area contributed by atoms with Gasteiger partial charge in [-0.25, -0.2) is 9.69 Å². The molecule has 1 N–H and O–H groups in total. The molecule has 0 bridgehead atoms. The average Bonchev–Trinajstić information content (AvgIpc) is 2.66. The normalized spacial score (nSPS) is 15.5. The highest BCUT2D eigenvalue weighted by molar-refractivity contribution is 6.39. The van der Waals surface area contributed by atoms with Crippen LogP contribution >= 0.6 is 0 Å². The minimum absolute atomic E-state index is 0.211. The number of amides is 4. The summed E-state index contributed by atoms with van der Waals surface area (Å²) in [5, 5.41) is 25.4. The molecule has 2 aromatic rings. The van der Waals surface area contributed by atoms with Crippen LogP contribution in [-0.4, -0.2) is 29.9 Å². The van der Waals surface area contributed by atoms with Gasteiger partial charge in [0.1, 0.15) is 11.3 Å². The van der Waals surface area contributed by atoms with E-state index in [2.05, 4.69) is 0 Å². The average molecular weight is 382 g/mol. The van der Waals surface area contributed by atoms with Gasteiger partial charge in [0.2, 0.25) is 0 Å². The Balaban J connectivity index is 2.12. The lowest BCUT2D eigenvalue weighted by Gasteiger charge is -2.26. The van der Waals surface area contributed by atoms with Gasteiger partial charge in [0.15, 0.2) is 0 Å². The summed E-state index contributed by atoms with van der Waals surface area (Å²) in [7, 11) is 1.16. The van der Waals surface area contributed by atoms with Crippen molar-refractivity contribution in [3.8, 4) is 11.5 Å². The van der Waals surface area contributed by atoms with Gasteiger partial charge >= 0.3 is 6.03 Å². The van der Waals surface area contributed by atoms with Crippen LogP contribution in [0, 0.1) is 10.1 Å². The van der Waals surface area contributed by atoms with Crippen molar-refractivity contribution in [2.75, 3.05) is 12.0 Å². The minimum atomic E-state index is -1.02. The number of rotatable bonds is 4. The van der Waals surface area contributed by atoms with Gasteiger partial charge in [-0.3, -0.25) is 25.0 Å². The third-order valence-electron chi connectivity index (χ3n) is 3.91. The first-order chi connectivity index (χ1) is 13.3. The lowest BCUT2D eigenvalue weighted by atomic mass is 10.0. The van der Waals surface area contributed by atoms with E-state index in [4.69, 9.17) is 4.74 Å². The number of carbonyl (C=O) groups excluding carboxylic acids is 3. The predicted octanol–water partition coefficient (Wildman–Crippen LogP) is 1.34. The molecular weight excluding hydrogens is 370 g/mol. The van der Waals surface area contributed by atoms with Gasteiger partial charge in [0.25, 0.3) is 17.5 Å². The van der Waals surface area contributed by atoms with Gasteiger partial charge in [0.05, 0.1) is 23.8 Å². The number of ether oxygens (including phenoxy) is 1. The van der Waals surface area contributed by atoms with E-state index in [0.29, 0.717) is 0 Å². The molecule has 28 heavy (non-hydrogen) atoms. The van der Waals surface area contributed by atoms with E-state index in [0.717, 1.165) is 30.2 Å². The maximum absolute atomic E-state index is 12.7. The molecule has 10 heteroatoms. The van der Waals surface area contributed by atoms with Crippen LogP contribution in [0.1, 0.15) is 5.56 Å². The van der Waals surface area contributed by atoms with Crippen LogP contribution in [0.15, 0.2) is 48.0 Å². The molecule has 0 atom stereocenters. The largest absolute Gasteiger partial charge is 0.870 e. The zero-order valence-electron chi connectivity index (χ0n) is 14.4. The fraction of sp³-hybridized carbons (Fsp3) is 0.0556. The van der Waals surface area contributed by atoms with Gasteiger partial charge in [0, 0.05) is 6.07 Å². The zero-order valence-corrected chi connectivity index (χ0v) is 14.4. The van der Waals surface area contributed by atoms with Crippen LogP contribution in [0.3, 0.4) is 0 Å². The molecule has 1 aliphatic heterocycles. The summed E-state index contributed by atoms with van der Waals surface area (Å²) in [5.41, 5.74) is -1.07. The van der Waals surface area contributed by atoms with Crippen molar-refractivity contribution >= 4 is 35.3 Å². The van der Waals surface area contributed by atoms with E-state index in [9.17, 15) is 29.6 Å². The number of para-hydroxylation sites is 1. The molecule has 1 aliphatic rings. The van der Waals surface area contributed by atoms with Gasteiger partial charge < -0.3 is 9.84 Å². The topological polar surface area (TPSA) is 142 Å². The number of nitro groups is 1. The standard InChI is InChI=1S/C18H13N3O7/c1-28-14-9-12(21(26)27)7-10(15(14)22)8-13-16(23)19-18(25)20(17(13)24)11-5-3-2-4-6-11/h2-9,22H,1H3,(H,19,23,25)/p-1/b13-8+. The highest BCUT2D eigenvalue weighted by atomic mass is 16.6. The summed E-state index contributed by atoms with van der Waals surface area (Å²) in [6.07, 6.45) is 0.901. The Morgan fingerprint density at radius 3 is 2.43 bits per heavy atom. The minimum Gasteiger partial charge on any atom is -0.870 e. The molecule has 142 valence electrons. The Labute approximate surface area is 157 Å². The van der Waals surface area contributed by atoms with Gasteiger partial charge in [-0.1, -0.05) is 23.9 Å². The second-order valence-corrected chi connectivity index (χ2v) is 5.62. The fourth-order valence-corrected chi connectivity index (χ4v) is 2.60. The molecule has 10 nitrogen and oxygen atoms in total. The Morgan fingerprint density at radius 2 is 1.82 bits per heavy atom. The van der Waals surface area contributed by atoms with E-state index in [1.54, 1.807) is 18.2 Å². The summed E-state index contributed by atoms with van der Waals surface area (Å²) in [6, 6.07) is 8.75. The third kappa shape index (κ3) is 3.26. The van der Waals surface area contributed by atoms with E-state index >= 15 is 0 Å². The summed E-state index contributed by atoms with van der Waals surface area (Å²) in [6.45, 7) is 0. The molecule has 0 aromatic heterocycles. The SMILES string of the molecule is COc1cc([N+](=O)[O-])cc(/C=C2\C(=O)NC(=O)N(c3ccccc3)C2=O)c1[O-]. The van der Waals surface area contributed by atoms with Crippen LogP contribution < -0.4 is 20.1 Å². The van der Waals surface area contributed by atoms with Crippen LogP contribution in [0.2, 0.25) is 0 Å². The lowest BCUT2D eigenvalue weighted by molar-refractivity contribution is -0.385. The first-order valence-electron chi connectivity index (χ1n) is 7.83. The lowest BCUT2D eigenvalue weighted by Crippen LogP contribution is -2.54. The molecule has 3 rings (SSSR count). The van der Waals surface area contributed by atoms with Crippen molar-refractivity contribution in [2.24, 2.45) is 0 Å². The van der Waals surface area contributed by atoms with Crippen LogP contribution in [0.25, 0.3) is 6.08 Å². The number of non-ortho nitro benzene ring substituents is 1. The monoisotopic (exact) mass is 382 g/mol. The fourth-order valence-electron chi connectivity index (χ4n) is 2.60. The summed E-state index contributed by atoms with van der Waals surface area (Å²) >= 11 is 0. The number of nitro benzene ring substituents is 1. The zero-order chi connectivity index (χ0) is 20.4. The molecule has 0 unspecified atom stereocenters. The van der Waals surface area contributed by atoms with Crippen molar-refractivity contribution in [1.29, 1.82) is 0 Å². The van der Waals surface area contributed by atoms with Crippen molar-refractivity contribution < 1.29 is 29.2 Å². The molecule has 1 fully saturated rings. The Morgan fingerprint density at radius 1 is 1.14 bits per heavy atom. The number of barbiturate groups is 1. The van der Waals surface area contributed by atoms with E-state index in [1.165, 1.54) is 12.1 Å². The maximum Gasteiger partial charge on any atom is 0.335 e. The number of carbonyl (C=O) groups is 3. The smallest absolute Gasteiger partial charge is 0.335 e. The number of urea groups is 1. The first-order valence-corrected chi connectivity index (χ1v) is 7.83.